The van der Waals surface area contributed by atoms with Gasteiger partial charge >= 0.3 is 0 Å². The van der Waals surface area contributed by atoms with Gasteiger partial charge in [0.05, 0.1) is 15.2 Å². The number of rotatable bonds is 6. The number of carbonyl (C=O) groups excluding carboxylic acids is 2. The topological polar surface area (TPSA) is 62.3 Å². The van der Waals surface area contributed by atoms with Crippen LogP contribution >= 0.6 is 11.3 Å². The third-order valence-corrected chi connectivity index (χ3v) is 7.95. The van der Waals surface area contributed by atoms with Crippen LogP contribution in [0.2, 0.25) is 0 Å². The van der Waals surface area contributed by atoms with Crippen molar-refractivity contribution < 1.29 is 9.59 Å². The van der Waals surface area contributed by atoms with Crippen LogP contribution in [0.1, 0.15) is 53.9 Å². The summed E-state index contributed by atoms with van der Waals surface area (Å²) in [5, 5.41) is 4.22. The molecule has 5 rings (SSSR count). The van der Waals surface area contributed by atoms with E-state index in [0.29, 0.717) is 18.0 Å². The molecule has 3 aromatic rings. The van der Waals surface area contributed by atoms with E-state index in [1.54, 1.807) is 11.3 Å². The molecule has 2 aromatic carbocycles. The summed E-state index contributed by atoms with van der Waals surface area (Å²) in [5.74, 6) is 0.428. The number of para-hydroxylation sites is 1. The number of amides is 2. The first kappa shape index (κ1) is 21.1. The summed E-state index contributed by atoms with van der Waals surface area (Å²) in [6.45, 7) is 0.605. The lowest BCUT2D eigenvalue weighted by Gasteiger charge is -2.33. The summed E-state index contributed by atoms with van der Waals surface area (Å²) >= 11 is 1.72. The lowest BCUT2D eigenvalue weighted by Crippen LogP contribution is -2.49. The normalized spacial score (nSPS) is 22.6. The van der Waals surface area contributed by atoms with Gasteiger partial charge in [0.15, 0.2) is 0 Å². The Balaban J connectivity index is 1.22. The van der Waals surface area contributed by atoms with E-state index in [0.717, 1.165) is 49.0 Å². The number of hydrogen-bond donors (Lipinski definition) is 1. The van der Waals surface area contributed by atoms with Gasteiger partial charge in [-0.1, -0.05) is 43.2 Å². The number of nitrogens with one attached hydrogen (secondary N) is 1. The molecule has 32 heavy (non-hydrogen) atoms. The van der Waals surface area contributed by atoms with Crippen LogP contribution in [0.4, 0.5) is 0 Å². The molecule has 0 spiro atoms. The maximum Gasteiger partial charge on any atom is 0.254 e. The molecule has 0 unspecified atom stereocenters. The van der Waals surface area contributed by atoms with Gasteiger partial charge in [0.2, 0.25) is 5.91 Å². The fraction of sp³-hybridized carbons (Fsp3) is 0.423. The Labute approximate surface area is 192 Å². The maximum absolute atomic E-state index is 13.4. The van der Waals surface area contributed by atoms with Crippen LogP contribution in [-0.2, 0) is 11.2 Å². The highest BCUT2D eigenvalue weighted by Gasteiger charge is 2.47. The largest absolute Gasteiger partial charge is 0.354 e. The van der Waals surface area contributed by atoms with Crippen molar-refractivity contribution in [1.82, 2.24) is 15.2 Å². The molecule has 1 N–H and O–H groups in total. The van der Waals surface area contributed by atoms with E-state index in [1.165, 1.54) is 11.1 Å². The lowest BCUT2D eigenvalue weighted by atomic mass is 9.84. The van der Waals surface area contributed by atoms with Crippen LogP contribution < -0.4 is 5.32 Å². The molecule has 1 saturated heterocycles. The first-order valence-electron chi connectivity index (χ1n) is 11.7. The van der Waals surface area contributed by atoms with Crippen molar-refractivity contribution in [1.29, 1.82) is 0 Å². The van der Waals surface area contributed by atoms with E-state index < -0.39 is 0 Å². The highest BCUT2D eigenvalue weighted by Crippen LogP contribution is 2.40. The standard InChI is InChI=1S/C26H29N3O2S/c30-25(27-16-8-15-24-28-20-12-5-7-14-23(20)32-24)22-17-19-11-4-6-13-21(19)29(22)26(31)18-9-2-1-3-10-18/h1-3,5,7,9-10,12,14,19,21-22H,4,6,8,11,13,15-17H2,(H,27,30)/t19-,21-,22+/m1/s1. The lowest BCUT2D eigenvalue weighted by molar-refractivity contribution is -0.125. The molecule has 5 nitrogen and oxygen atoms in total. The fourth-order valence-electron chi connectivity index (χ4n) is 5.31. The van der Waals surface area contributed by atoms with Crippen LogP contribution in [0.5, 0.6) is 0 Å². The molecule has 1 aliphatic carbocycles. The zero-order valence-corrected chi connectivity index (χ0v) is 19.0. The Kier molecular flexibility index (Phi) is 6.21. The third-order valence-electron chi connectivity index (χ3n) is 6.85. The average Bonchev–Trinajstić information content (AvgIpc) is 3.43. The van der Waals surface area contributed by atoms with Crippen molar-refractivity contribution >= 4 is 33.4 Å². The van der Waals surface area contributed by atoms with Gasteiger partial charge in [-0.25, -0.2) is 4.98 Å². The monoisotopic (exact) mass is 447 g/mol. The summed E-state index contributed by atoms with van der Waals surface area (Å²) in [7, 11) is 0. The van der Waals surface area contributed by atoms with Gasteiger partial charge in [0.25, 0.3) is 5.91 Å². The number of thiazole rings is 1. The molecule has 2 aliphatic rings. The van der Waals surface area contributed by atoms with Gasteiger partial charge in [-0.05, 0) is 55.9 Å². The minimum atomic E-state index is -0.363. The van der Waals surface area contributed by atoms with Crippen molar-refractivity contribution in [2.75, 3.05) is 6.54 Å². The van der Waals surface area contributed by atoms with E-state index in [4.69, 9.17) is 0 Å². The molecule has 1 saturated carbocycles. The highest BCUT2D eigenvalue weighted by molar-refractivity contribution is 7.18. The van der Waals surface area contributed by atoms with Crippen molar-refractivity contribution in [2.24, 2.45) is 5.92 Å². The molecule has 0 radical (unpaired) electrons. The van der Waals surface area contributed by atoms with Crippen molar-refractivity contribution in [2.45, 2.75) is 57.0 Å². The van der Waals surface area contributed by atoms with Gasteiger partial charge in [-0.2, -0.15) is 0 Å². The molecule has 2 heterocycles. The van der Waals surface area contributed by atoms with Crippen LogP contribution in [0.3, 0.4) is 0 Å². The average molecular weight is 448 g/mol. The second-order valence-corrected chi connectivity index (χ2v) is 10.0. The number of aromatic nitrogens is 1. The summed E-state index contributed by atoms with van der Waals surface area (Å²) in [4.78, 5) is 33.1. The predicted octanol–water partition coefficient (Wildman–Crippen LogP) is 4.82. The number of aryl methyl sites for hydroxylation is 1. The summed E-state index contributed by atoms with van der Waals surface area (Å²) in [5.41, 5.74) is 1.72. The maximum atomic E-state index is 13.4. The Morgan fingerprint density at radius 3 is 2.66 bits per heavy atom. The number of fused-ring (bicyclic) bond motifs is 2. The van der Waals surface area contributed by atoms with Gasteiger partial charge < -0.3 is 10.2 Å². The molecule has 1 aliphatic heterocycles. The second-order valence-electron chi connectivity index (χ2n) is 8.91. The molecule has 2 fully saturated rings. The number of benzene rings is 2. The van der Waals surface area contributed by atoms with Crippen LogP contribution in [0, 0.1) is 5.92 Å². The van der Waals surface area contributed by atoms with E-state index >= 15 is 0 Å². The molecule has 3 atom stereocenters. The van der Waals surface area contributed by atoms with E-state index in [9.17, 15) is 9.59 Å². The Bertz CT molecular complexity index is 1060. The number of nitrogens with zero attached hydrogens (tertiary/aromatic N) is 2. The third kappa shape index (κ3) is 4.29. The van der Waals surface area contributed by atoms with Gasteiger partial charge in [-0.3, -0.25) is 9.59 Å². The smallest absolute Gasteiger partial charge is 0.254 e. The highest BCUT2D eigenvalue weighted by atomic mass is 32.1. The van der Waals surface area contributed by atoms with Crippen LogP contribution in [0.25, 0.3) is 10.2 Å². The summed E-state index contributed by atoms with van der Waals surface area (Å²) in [6, 6.07) is 17.4. The number of likely N-dealkylation sites (tertiary alicyclic amines) is 1. The molecule has 0 bridgehead atoms. The minimum Gasteiger partial charge on any atom is -0.354 e. The fourth-order valence-corrected chi connectivity index (χ4v) is 6.32. The van der Waals surface area contributed by atoms with Crippen molar-refractivity contribution in [3.8, 4) is 0 Å². The van der Waals surface area contributed by atoms with Crippen molar-refractivity contribution in [3.63, 3.8) is 0 Å². The summed E-state index contributed by atoms with van der Waals surface area (Å²) in [6.07, 6.45) is 6.93. The van der Waals surface area contributed by atoms with Gasteiger partial charge in [0.1, 0.15) is 6.04 Å². The SMILES string of the molecule is O=C(NCCCc1nc2ccccc2s1)[C@@H]1C[C@H]2CCCC[C@H]2N1C(=O)c1ccccc1. The van der Waals surface area contributed by atoms with Crippen molar-refractivity contribution in [3.05, 3.63) is 65.2 Å². The van der Waals surface area contributed by atoms with Gasteiger partial charge in [0, 0.05) is 24.6 Å². The Morgan fingerprint density at radius 1 is 1.03 bits per heavy atom. The quantitative estimate of drug-likeness (QED) is 0.551. The molecule has 2 amide bonds. The van der Waals surface area contributed by atoms with Crippen LogP contribution in [-0.4, -0.2) is 40.3 Å². The van der Waals surface area contributed by atoms with E-state index in [2.05, 4.69) is 16.4 Å². The first-order chi connectivity index (χ1) is 15.7. The number of hydrogen-bond acceptors (Lipinski definition) is 4. The zero-order chi connectivity index (χ0) is 21.9. The number of carbonyl (C=O) groups is 2. The predicted molar refractivity (Wildman–Crippen MR) is 128 cm³/mol. The minimum absolute atomic E-state index is 0.00498. The molecule has 1 aromatic heterocycles. The molecular weight excluding hydrogens is 418 g/mol. The molecule has 166 valence electrons. The van der Waals surface area contributed by atoms with Gasteiger partial charge in [-0.15, -0.1) is 11.3 Å². The molecule has 6 heteroatoms. The zero-order valence-electron chi connectivity index (χ0n) is 18.2. The summed E-state index contributed by atoms with van der Waals surface area (Å²) < 4.78 is 1.20. The second kappa shape index (κ2) is 9.41. The Morgan fingerprint density at radius 2 is 1.81 bits per heavy atom. The Hall–Kier alpha value is -2.73. The first-order valence-corrected chi connectivity index (χ1v) is 12.5. The van der Waals surface area contributed by atoms with Crippen LogP contribution in [0.15, 0.2) is 54.6 Å². The van der Waals surface area contributed by atoms with E-state index in [-0.39, 0.29) is 23.9 Å². The molecular formula is C26H29N3O2S. The van der Waals surface area contributed by atoms with E-state index in [1.807, 2.05) is 53.4 Å².